The van der Waals surface area contributed by atoms with Gasteiger partial charge in [-0.15, -0.1) is 0 Å². The molecule has 2 aromatic carbocycles. The topological polar surface area (TPSA) is 47.3 Å². The van der Waals surface area contributed by atoms with Gasteiger partial charge in [0.2, 0.25) is 5.69 Å². The van der Waals surface area contributed by atoms with Crippen LogP contribution in [0.1, 0.15) is 5.56 Å². The summed E-state index contributed by atoms with van der Waals surface area (Å²) in [5.41, 5.74) is 3.64. The van der Waals surface area contributed by atoms with Gasteiger partial charge in [0.25, 0.3) is 0 Å². The van der Waals surface area contributed by atoms with Gasteiger partial charge < -0.3 is 23.8 Å². The monoisotopic (exact) mass is 464 g/mol. The predicted molar refractivity (Wildman–Crippen MR) is 132 cm³/mol. The van der Waals surface area contributed by atoms with E-state index in [0.717, 1.165) is 79.5 Å². The second kappa shape index (κ2) is 9.68. The molecule has 0 amide bonds. The van der Waals surface area contributed by atoms with Crippen molar-refractivity contribution in [2.75, 3.05) is 67.7 Å². The molecule has 3 heterocycles. The number of nitrogens with zero attached hydrogens (tertiary/aromatic N) is 3. The van der Waals surface area contributed by atoms with E-state index in [-0.39, 0.29) is 0 Å². The van der Waals surface area contributed by atoms with E-state index in [2.05, 4.69) is 51.9 Å². The van der Waals surface area contributed by atoms with Gasteiger partial charge in [-0.05, 0) is 42.3 Å². The van der Waals surface area contributed by atoms with Crippen molar-refractivity contribution in [3.63, 3.8) is 0 Å². The van der Waals surface area contributed by atoms with E-state index < -0.39 is 0 Å². The molecule has 0 saturated carbocycles. The van der Waals surface area contributed by atoms with E-state index >= 15 is 0 Å². The Morgan fingerprint density at radius 1 is 0.882 bits per heavy atom. The van der Waals surface area contributed by atoms with Gasteiger partial charge in [0, 0.05) is 45.2 Å². The highest BCUT2D eigenvalue weighted by molar-refractivity contribution is 5.91. The molecule has 1 aromatic heterocycles. The molecule has 1 fully saturated rings. The Kier molecular flexibility index (Phi) is 6.48. The van der Waals surface area contributed by atoms with Crippen LogP contribution in [0.15, 0.2) is 36.5 Å². The van der Waals surface area contributed by atoms with Crippen molar-refractivity contribution in [2.24, 2.45) is 0 Å². The van der Waals surface area contributed by atoms with Gasteiger partial charge in [-0.25, -0.2) is 0 Å². The predicted octanol–water partition coefficient (Wildman–Crippen LogP) is 3.00. The lowest BCUT2D eigenvalue weighted by Gasteiger charge is -2.32. The first-order chi connectivity index (χ1) is 16.6. The Hall–Kier alpha value is -3.03. The number of likely N-dealkylation sites (N-methyl/N-ethyl adjacent to an activating group) is 1. The summed E-state index contributed by atoms with van der Waals surface area (Å²) in [5, 5.41) is 2.16. The highest BCUT2D eigenvalue weighted by atomic mass is 16.5. The lowest BCUT2D eigenvalue weighted by Crippen LogP contribution is -2.45. The molecule has 0 aliphatic carbocycles. The van der Waals surface area contributed by atoms with Gasteiger partial charge in [0.15, 0.2) is 35.7 Å². The van der Waals surface area contributed by atoms with Crippen LogP contribution in [0.5, 0.6) is 23.0 Å². The molecular formula is C27H34N3O4+. The maximum Gasteiger partial charge on any atom is 0.213 e. The highest BCUT2D eigenvalue weighted by Gasteiger charge is 2.27. The number of benzene rings is 2. The molecule has 7 nitrogen and oxygen atoms in total. The first kappa shape index (κ1) is 22.7. The third-order valence-corrected chi connectivity index (χ3v) is 7.05. The Balaban J connectivity index is 1.42. The molecule has 0 N–H and O–H groups in total. The Labute approximate surface area is 201 Å². The molecule has 2 aliphatic rings. The van der Waals surface area contributed by atoms with Gasteiger partial charge in [-0.3, -0.25) is 4.90 Å². The zero-order chi connectivity index (χ0) is 23.7. The van der Waals surface area contributed by atoms with E-state index in [0.29, 0.717) is 6.61 Å². The normalized spacial score (nSPS) is 16.1. The summed E-state index contributed by atoms with van der Waals surface area (Å²) >= 11 is 0. The minimum atomic E-state index is 0.663. The summed E-state index contributed by atoms with van der Waals surface area (Å²) < 4.78 is 25.4. The molecule has 0 radical (unpaired) electrons. The summed E-state index contributed by atoms with van der Waals surface area (Å²) in [7, 11) is 7.25. The van der Waals surface area contributed by atoms with Crippen LogP contribution in [0.4, 0.5) is 0 Å². The van der Waals surface area contributed by atoms with Crippen LogP contribution >= 0.6 is 0 Å². The fraction of sp³-hybridized carbons (Fsp3) is 0.444. The van der Waals surface area contributed by atoms with Crippen molar-refractivity contribution < 1.29 is 23.5 Å². The molecule has 3 aromatic rings. The number of aromatic nitrogens is 1. The largest absolute Gasteiger partial charge is 0.493 e. The third kappa shape index (κ3) is 4.26. The third-order valence-electron chi connectivity index (χ3n) is 7.05. The number of methoxy groups -OCH3 is 3. The minimum absolute atomic E-state index is 0.663. The number of pyridine rings is 1. The number of aryl methyl sites for hydroxylation is 2. The maximum atomic E-state index is 6.22. The lowest BCUT2D eigenvalue weighted by atomic mass is 9.95. The Bertz CT molecular complexity index is 1190. The van der Waals surface area contributed by atoms with E-state index in [4.69, 9.17) is 18.9 Å². The minimum Gasteiger partial charge on any atom is -0.493 e. The average molecular weight is 465 g/mol. The van der Waals surface area contributed by atoms with Crippen LogP contribution in [0.25, 0.3) is 22.0 Å². The lowest BCUT2D eigenvalue weighted by molar-refractivity contribution is -0.686. The van der Waals surface area contributed by atoms with E-state index in [1.165, 1.54) is 16.8 Å². The second-order valence-electron chi connectivity index (χ2n) is 9.06. The summed E-state index contributed by atoms with van der Waals surface area (Å²) in [4.78, 5) is 4.83. The van der Waals surface area contributed by atoms with Gasteiger partial charge in [0.05, 0.1) is 32.3 Å². The van der Waals surface area contributed by atoms with Crippen molar-refractivity contribution in [3.05, 3.63) is 42.1 Å². The number of hydrogen-bond acceptors (Lipinski definition) is 6. The number of ether oxygens (including phenoxy) is 4. The smallest absolute Gasteiger partial charge is 0.213 e. The van der Waals surface area contributed by atoms with Gasteiger partial charge in [-0.1, -0.05) is 0 Å². The second-order valence-corrected chi connectivity index (χ2v) is 9.06. The molecule has 0 bridgehead atoms. The van der Waals surface area contributed by atoms with Gasteiger partial charge in [0.1, 0.15) is 6.61 Å². The zero-order valence-corrected chi connectivity index (χ0v) is 20.6. The first-order valence-corrected chi connectivity index (χ1v) is 11.9. The zero-order valence-electron chi connectivity index (χ0n) is 20.6. The Morgan fingerprint density at radius 3 is 2.41 bits per heavy atom. The molecule has 2 aliphatic heterocycles. The molecule has 0 spiro atoms. The molecule has 180 valence electrons. The number of piperazine rings is 1. The van der Waals surface area contributed by atoms with Gasteiger partial charge >= 0.3 is 0 Å². The van der Waals surface area contributed by atoms with E-state index in [9.17, 15) is 0 Å². The molecule has 34 heavy (non-hydrogen) atoms. The summed E-state index contributed by atoms with van der Waals surface area (Å²) in [6, 6.07) is 10.6. The van der Waals surface area contributed by atoms with Crippen LogP contribution < -0.4 is 23.5 Å². The molecule has 7 heteroatoms. The quantitative estimate of drug-likeness (QED) is 0.501. The summed E-state index contributed by atoms with van der Waals surface area (Å²) in [6.07, 6.45) is 3.10. The van der Waals surface area contributed by atoms with Crippen LogP contribution in [0, 0.1) is 0 Å². The highest BCUT2D eigenvalue weighted by Crippen LogP contribution is 2.40. The fourth-order valence-electron chi connectivity index (χ4n) is 5.01. The van der Waals surface area contributed by atoms with Crippen LogP contribution in [0.3, 0.4) is 0 Å². The first-order valence-electron chi connectivity index (χ1n) is 11.9. The summed E-state index contributed by atoms with van der Waals surface area (Å²) in [6.45, 7) is 6.92. The molecule has 5 rings (SSSR count). The fourth-order valence-corrected chi connectivity index (χ4v) is 5.01. The van der Waals surface area contributed by atoms with Gasteiger partial charge in [-0.2, -0.15) is 4.57 Å². The van der Waals surface area contributed by atoms with Crippen molar-refractivity contribution in [2.45, 2.75) is 13.0 Å². The SMILES string of the molecule is COc1cc2c(cc1OCCN1CCN(C)CC1)CC[n+]1cc3c(OC)c(OC)ccc3cc1-2. The average Bonchev–Trinajstić information content (AvgIpc) is 2.87. The van der Waals surface area contributed by atoms with Crippen molar-refractivity contribution in [1.82, 2.24) is 9.80 Å². The molecule has 0 atom stereocenters. The van der Waals surface area contributed by atoms with Crippen LogP contribution in [-0.2, 0) is 13.0 Å². The number of hydrogen-bond donors (Lipinski definition) is 0. The van der Waals surface area contributed by atoms with Crippen molar-refractivity contribution >= 4 is 10.8 Å². The van der Waals surface area contributed by atoms with E-state index in [1.54, 1.807) is 21.3 Å². The van der Waals surface area contributed by atoms with Crippen LogP contribution in [0.2, 0.25) is 0 Å². The standard InChI is InChI=1S/C27H34N3O4/c1-28-9-11-29(12-10-28)13-14-34-26-16-20-7-8-30-18-22-19(5-6-24(31-2)27(22)33-4)15-23(30)21(20)17-25(26)32-3/h5-6,15-18H,7-14H2,1-4H3/q+1. The molecular weight excluding hydrogens is 430 g/mol. The summed E-state index contributed by atoms with van der Waals surface area (Å²) in [5.74, 6) is 3.11. The van der Waals surface area contributed by atoms with Crippen molar-refractivity contribution in [1.29, 1.82) is 0 Å². The van der Waals surface area contributed by atoms with E-state index in [1.807, 2.05) is 6.07 Å². The number of fused-ring (bicyclic) bond motifs is 4. The molecule has 1 saturated heterocycles. The maximum absolute atomic E-state index is 6.22. The van der Waals surface area contributed by atoms with Crippen molar-refractivity contribution in [3.8, 4) is 34.3 Å². The van der Waals surface area contributed by atoms with Crippen LogP contribution in [-0.4, -0.2) is 77.5 Å². The Morgan fingerprint density at radius 2 is 1.68 bits per heavy atom. The molecule has 0 unspecified atom stereocenters. The number of rotatable bonds is 7.